The van der Waals surface area contributed by atoms with Gasteiger partial charge in [0.15, 0.2) is 22.1 Å². The third-order valence-electron chi connectivity index (χ3n) is 11.5. The number of para-hydroxylation sites is 4. The van der Waals surface area contributed by atoms with Crippen molar-refractivity contribution in [3.05, 3.63) is 216 Å². The molecule has 0 N–H and O–H groups in total. The van der Waals surface area contributed by atoms with E-state index in [2.05, 4.69) is 213 Å². The van der Waals surface area contributed by atoms with E-state index in [1.807, 2.05) is 0 Å². The van der Waals surface area contributed by atoms with E-state index < -0.39 is 0 Å². The molecular formula is C52H40N6+2. The Balaban J connectivity index is 0.974. The van der Waals surface area contributed by atoms with Crippen molar-refractivity contribution in [1.82, 2.24) is 19.8 Å². The molecule has 8 aromatic carbocycles. The van der Waals surface area contributed by atoms with Crippen molar-refractivity contribution >= 4 is 22.1 Å². The molecular weight excluding hydrogens is 709 g/mol. The first-order valence-electron chi connectivity index (χ1n) is 20.0. The number of rotatable bonds is 0. The van der Waals surface area contributed by atoms with Crippen molar-refractivity contribution in [2.24, 2.45) is 0 Å². The first-order valence-corrected chi connectivity index (χ1v) is 20.0. The normalized spacial score (nSPS) is 12.6. The predicted molar refractivity (Wildman–Crippen MR) is 231 cm³/mol. The molecule has 0 atom stereocenters. The van der Waals surface area contributed by atoms with Crippen LogP contribution in [0.1, 0.15) is 22.3 Å². The largest absolute Gasteiger partial charge is 0.198 e. The van der Waals surface area contributed by atoms with Gasteiger partial charge in [0, 0.05) is 0 Å². The number of aromatic nitrogens is 6. The zero-order chi connectivity index (χ0) is 38.4. The first-order chi connectivity index (χ1) is 28.7. The molecule has 0 fully saturated rings. The van der Waals surface area contributed by atoms with Gasteiger partial charge in [-0.2, -0.15) is 0 Å². The SMILES string of the molecule is c1cc2cc(c1)-c1ccc(cc1)Cn1n[n+](c3ccccc31)Cc1ccc(cc1)-c1cccc(c1)-c1ccc(cc1)C[n+]1nn(c3ccccc31)Cc1ccc-2cc1. The monoisotopic (exact) mass is 748 g/mol. The highest BCUT2D eigenvalue weighted by Crippen LogP contribution is 2.29. The van der Waals surface area contributed by atoms with Crippen molar-refractivity contribution < 1.29 is 9.36 Å². The van der Waals surface area contributed by atoms with Crippen molar-refractivity contribution in [3.63, 3.8) is 0 Å². The Labute approximate surface area is 337 Å². The van der Waals surface area contributed by atoms with Crippen molar-refractivity contribution in [1.29, 1.82) is 0 Å². The van der Waals surface area contributed by atoms with Crippen LogP contribution in [-0.2, 0) is 26.2 Å². The van der Waals surface area contributed by atoms with E-state index in [9.17, 15) is 0 Å². The van der Waals surface area contributed by atoms with Crippen LogP contribution in [0.25, 0.3) is 66.6 Å². The van der Waals surface area contributed by atoms with Gasteiger partial charge < -0.3 is 0 Å². The Morgan fingerprint density at radius 2 is 0.638 bits per heavy atom. The van der Waals surface area contributed by atoms with Gasteiger partial charge in [-0.15, -0.1) is 18.7 Å². The molecule has 0 unspecified atom stereocenters. The van der Waals surface area contributed by atoms with Crippen LogP contribution < -0.4 is 9.36 Å². The first kappa shape index (κ1) is 33.9. The van der Waals surface area contributed by atoms with Crippen LogP contribution in [-0.4, -0.2) is 19.8 Å². The van der Waals surface area contributed by atoms with Crippen LogP contribution in [0.4, 0.5) is 0 Å². The molecule has 0 radical (unpaired) electrons. The molecule has 276 valence electrons. The van der Waals surface area contributed by atoms with Crippen molar-refractivity contribution in [3.8, 4) is 44.5 Å². The van der Waals surface area contributed by atoms with Crippen molar-refractivity contribution in [2.45, 2.75) is 26.2 Å². The van der Waals surface area contributed by atoms with Gasteiger partial charge in [-0.3, -0.25) is 0 Å². The second kappa shape index (κ2) is 14.3. The van der Waals surface area contributed by atoms with Crippen LogP contribution in [0, 0.1) is 0 Å². The van der Waals surface area contributed by atoms with Gasteiger partial charge in [-0.25, -0.2) is 0 Å². The summed E-state index contributed by atoms with van der Waals surface area (Å²) in [6.45, 7) is 2.75. The molecule has 2 aromatic heterocycles. The molecule has 17 rings (SSSR count). The number of fused-ring (bicyclic) bond motifs is 2. The molecule has 9 heterocycles. The van der Waals surface area contributed by atoms with Crippen LogP contribution in [0.15, 0.2) is 194 Å². The topological polar surface area (TPSA) is 43.4 Å². The molecule has 0 amide bonds. The Hall–Kier alpha value is -7.44. The van der Waals surface area contributed by atoms with E-state index in [0.29, 0.717) is 26.2 Å². The molecule has 7 aliphatic rings. The summed E-state index contributed by atoms with van der Waals surface area (Å²) >= 11 is 0. The molecule has 6 heteroatoms. The number of benzene rings is 8. The summed E-state index contributed by atoms with van der Waals surface area (Å²) in [7, 11) is 0. The fourth-order valence-corrected chi connectivity index (χ4v) is 8.38. The van der Waals surface area contributed by atoms with E-state index in [0.717, 1.165) is 22.1 Å². The number of nitrogens with zero attached hydrogens (tertiary/aromatic N) is 6. The molecule has 7 aliphatic heterocycles. The van der Waals surface area contributed by atoms with E-state index in [1.165, 1.54) is 66.8 Å². The minimum absolute atomic E-state index is 0.687. The van der Waals surface area contributed by atoms with Gasteiger partial charge in [0.05, 0.1) is 10.4 Å². The quantitative estimate of drug-likeness (QED) is 0.145. The highest BCUT2D eigenvalue weighted by Gasteiger charge is 2.20. The molecule has 16 bridgehead atoms. The molecule has 0 saturated heterocycles. The van der Waals surface area contributed by atoms with E-state index in [-0.39, 0.29) is 0 Å². The maximum Gasteiger partial charge on any atom is 0.198 e. The Morgan fingerprint density at radius 1 is 0.310 bits per heavy atom. The van der Waals surface area contributed by atoms with Gasteiger partial charge in [0.2, 0.25) is 0 Å². The molecule has 58 heavy (non-hydrogen) atoms. The molecule has 0 saturated carbocycles. The number of hydrogen-bond donors (Lipinski definition) is 0. The second-order valence-corrected chi connectivity index (χ2v) is 15.3. The summed E-state index contributed by atoms with van der Waals surface area (Å²) in [6.07, 6.45) is 0. The molecule has 0 aliphatic carbocycles. The highest BCUT2D eigenvalue weighted by molar-refractivity contribution is 5.76. The Bertz CT molecular complexity index is 2670. The molecule has 0 spiro atoms. The smallest absolute Gasteiger partial charge is 0.125 e. The second-order valence-electron chi connectivity index (χ2n) is 15.3. The highest BCUT2D eigenvalue weighted by atomic mass is 15.5. The summed E-state index contributed by atoms with van der Waals surface area (Å²) in [5, 5.41) is 10.2. The maximum absolute atomic E-state index is 5.11. The third-order valence-corrected chi connectivity index (χ3v) is 11.5. The Kier molecular flexibility index (Phi) is 8.32. The minimum atomic E-state index is 0.687. The lowest BCUT2D eigenvalue weighted by atomic mass is 9.98. The maximum atomic E-state index is 5.11. The summed E-state index contributed by atoms with van der Waals surface area (Å²) < 4.78 is 8.49. The summed E-state index contributed by atoms with van der Waals surface area (Å²) in [6, 6.07) is 70.3. The average molecular weight is 749 g/mol. The van der Waals surface area contributed by atoms with Gasteiger partial charge in [0.1, 0.15) is 26.2 Å². The van der Waals surface area contributed by atoms with Crippen molar-refractivity contribution in [2.75, 3.05) is 0 Å². The standard InChI is InChI=1S/C52H40N6/c1-2-12-50-49(11-1)55-33-37-15-23-41(24-16-37)45-7-5-9-47(31-45)43-27-19-39(20-28-43)35-57-51-13-3-4-14-52(51)58(54-57)36-40-21-29-44(30-22-40)48-10-6-8-46(32-48)42-25-17-38(18-26-42)34-56(50)53-55/h1-32H,33-36H2/q+2. The zero-order valence-corrected chi connectivity index (χ0v) is 32.0. The summed E-state index contributed by atoms with van der Waals surface area (Å²) in [4.78, 5) is 0. The van der Waals surface area contributed by atoms with Crippen LogP contribution in [0.5, 0.6) is 0 Å². The molecule has 6 nitrogen and oxygen atoms in total. The lowest BCUT2D eigenvalue weighted by molar-refractivity contribution is -0.724. The minimum Gasteiger partial charge on any atom is -0.125 e. The van der Waals surface area contributed by atoms with Gasteiger partial charge in [-0.1, -0.05) is 158 Å². The predicted octanol–water partition coefficient (Wildman–Crippen LogP) is 10.1. The van der Waals surface area contributed by atoms with Gasteiger partial charge in [-0.05, 0) is 103 Å². The lowest BCUT2D eigenvalue weighted by Gasteiger charge is -2.08. The fourth-order valence-electron chi connectivity index (χ4n) is 8.38. The number of hydrogen-bond acceptors (Lipinski definition) is 2. The Morgan fingerprint density at radius 3 is 1.00 bits per heavy atom. The van der Waals surface area contributed by atoms with Gasteiger partial charge >= 0.3 is 0 Å². The summed E-state index contributed by atoms with van der Waals surface area (Å²) in [5.74, 6) is 0. The van der Waals surface area contributed by atoms with E-state index in [1.54, 1.807) is 0 Å². The van der Waals surface area contributed by atoms with Gasteiger partial charge in [0.25, 0.3) is 0 Å². The molecule has 10 aromatic rings. The zero-order valence-electron chi connectivity index (χ0n) is 32.0. The lowest BCUT2D eigenvalue weighted by Crippen LogP contribution is -2.37. The summed E-state index contributed by atoms with van der Waals surface area (Å²) in [5.41, 5.74) is 18.9. The van der Waals surface area contributed by atoms with Crippen LogP contribution >= 0.6 is 0 Å². The average Bonchev–Trinajstić information content (AvgIpc) is 3.81. The fraction of sp³-hybridized carbons (Fsp3) is 0.0769. The van der Waals surface area contributed by atoms with Crippen LogP contribution in [0.3, 0.4) is 0 Å². The van der Waals surface area contributed by atoms with E-state index >= 15 is 0 Å². The van der Waals surface area contributed by atoms with E-state index in [4.69, 9.17) is 10.4 Å². The third kappa shape index (κ3) is 6.44. The van der Waals surface area contributed by atoms with Crippen LogP contribution in [0.2, 0.25) is 0 Å².